The molecule has 1 amide bonds. The fourth-order valence-corrected chi connectivity index (χ4v) is 2.52. The monoisotopic (exact) mass is 316 g/mol. The van der Waals surface area contributed by atoms with Gasteiger partial charge < -0.3 is 0 Å². The number of amides is 1. The Morgan fingerprint density at radius 1 is 1.17 bits per heavy atom. The minimum atomic E-state index is -0.181. The summed E-state index contributed by atoms with van der Waals surface area (Å²) in [5.74, 6) is 0.567. The second-order valence-electron chi connectivity index (χ2n) is 8.02. The number of rotatable bonds is 4. The first kappa shape index (κ1) is 17.4. The Bertz CT molecular complexity index is 722. The number of nitrogens with one attached hydrogen (secondary N) is 1. The van der Waals surface area contributed by atoms with Gasteiger partial charge in [-0.1, -0.05) is 27.7 Å². The summed E-state index contributed by atoms with van der Waals surface area (Å²) in [4.78, 5) is 21.6. The number of carbonyl (C=O) groups is 1. The molecule has 0 aliphatic rings. The molecule has 0 saturated heterocycles. The van der Waals surface area contributed by atoms with E-state index in [9.17, 15) is 4.79 Å². The maximum atomic E-state index is 12.4. The van der Waals surface area contributed by atoms with Crippen molar-refractivity contribution >= 4 is 23.0 Å². The topological polar surface area (TPSA) is 59.8 Å². The molecular weight excluding hydrogens is 288 g/mol. The zero-order valence-electron chi connectivity index (χ0n) is 15.3. The van der Waals surface area contributed by atoms with Crippen molar-refractivity contribution in [3.8, 4) is 0 Å². The lowest BCUT2D eigenvalue weighted by Crippen LogP contribution is -2.29. The molecule has 0 radical (unpaired) electrons. The summed E-state index contributed by atoms with van der Waals surface area (Å²) in [5.41, 5.74) is 2.33. The zero-order valence-corrected chi connectivity index (χ0v) is 15.3. The van der Waals surface area contributed by atoms with Gasteiger partial charge in [0.2, 0.25) is 11.9 Å². The molecule has 0 unspecified atom stereocenters. The quantitative estimate of drug-likeness (QED) is 0.917. The van der Waals surface area contributed by atoms with E-state index < -0.39 is 0 Å². The summed E-state index contributed by atoms with van der Waals surface area (Å²) in [6, 6.07) is 3.90. The summed E-state index contributed by atoms with van der Waals surface area (Å²) in [6.45, 7) is 14.5. The SMILES string of the molecule is CCC(C)(C)n1c(NC(=O)CC(C)(C)C)nc2ccc(C)nc21. The van der Waals surface area contributed by atoms with E-state index >= 15 is 0 Å². The molecular formula is C18H28N4O. The largest absolute Gasteiger partial charge is 0.296 e. The van der Waals surface area contributed by atoms with Crippen LogP contribution < -0.4 is 5.32 Å². The van der Waals surface area contributed by atoms with Crippen LogP contribution in [-0.4, -0.2) is 20.4 Å². The van der Waals surface area contributed by atoms with Gasteiger partial charge in [-0.2, -0.15) is 0 Å². The van der Waals surface area contributed by atoms with Crippen molar-refractivity contribution in [1.29, 1.82) is 0 Å². The van der Waals surface area contributed by atoms with Crippen LogP contribution in [0.25, 0.3) is 11.2 Å². The second-order valence-corrected chi connectivity index (χ2v) is 8.02. The molecule has 2 aromatic heterocycles. The van der Waals surface area contributed by atoms with Crippen LogP contribution in [0.1, 0.15) is 60.1 Å². The molecule has 5 heteroatoms. The zero-order chi connectivity index (χ0) is 17.4. The number of hydrogen-bond acceptors (Lipinski definition) is 3. The van der Waals surface area contributed by atoms with Crippen molar-refractivity contribution in [2.45, 2.75) is 66.8 Å². The molecule has 0 fully saturated rings. The van der Waals surface area contributed by atoms with Gasteiger partial charge in [0.05, 0.1) is 0 Å². The Morgan fingerprint density at radius 3 is 2.39 bits per heavy atom. The highest BCUT2D eigenvalue weighted by molar-refractivity contribution is 5.91. The predicted octanol–water partition coefficient (Wildman–Crippen LogP) is 4.26. The van der Waals surface area contributed by atoms with E-state index in [1.54, 1.807) is 0 Å². The standard InChI is InChI=1S/C18H28N4O/c1-8-18(6,7)22-15-13(10-9-12(2)19-15)20-16(22)21-14(23)11-17(3,4)5/h9-10H,8,11H2,1-7H3,(H,20,21,23). The minimum Gasteiger partial charge on any atom is -0.296 e. The van der Waals surface area contributed by atoms with E-state index in [0.717, 1.165) is 23.3 Å². The van der Waals surface area contributed by atoms with Gasteiger partial charge in [0.25, 0.3) is 0 Å². The molecule has 0 bridgehead atoms. The number of aryl methyl sites for hydroxylation is 1. The smallest absolute Gasteiger partial charge is 0.227 e. The van der Waals surface area contributed by atoms with Crippen LogP contribution in [-0.2, 0) is 10.3 Å². The number of pyridine rings is 1. The van der Waals surface area contributed by atoms with Crippen molar-refractivity contribution < 1.29 is 4.79 Å². The van der Waals surface area contributed by atoms with Crippen LogP contribution in [0.2, 0.25) is 0 Å². The summed E-state index contributed by atoms with van der Waals surface area (Å²) < 4.78 is 2.05. The first-order valence-corrected chi connectivity index (χ1v) is 8.20. The minimum absolute atomic E-state index is 0.0160. The lowest BCUT2D eigenvalue weighted by Gasteiger charge is -2.27. The van der Waals surface area contributed by atoms with Gasteiger partial charge in [0.15, 0.2) is 5.65 Å². The normalized spacial score (nSPS) is 12.7. The van der Waals surface area contributed by atoms with Crippen LogP contribution >= 0.6 is 0 Å². The Morgan fingerprint density at radius 2 is 1.83 bits per heavy atom. The average molecular weight is 316 g/mol. The van der Waals surface area contributed by atoms with Crippen molar-refractivity contribution in [1.82, 2.24) is 14.5 Å². The van der Waals surface area contributed by atoms with Crippen molar-refractivity contribution in [2.75, 3.05) is 5.32 Å². The Hall–Kier alpha value is -1.91. The van der Waals surface area contributed by atoms with Gasteiger partial charge in [-0.05, 0) is 44.7 Å². The maximum absolute atomic E-state index is 12.4. The Kier molecular flexibility index (Phi) is 4.51. The molecule has 1 N–H and O–H groups in total. The number of anilines is 1. The molecule has 5 nitrogen and oxygen atoms in total. The third kappa shape index (κ3) is 3.89. The van der Waals surface area contributed by atoms with E-state index in [0.29, 0.717) is 12.4 Å². The van der Waals surface area contributed by atoms with Crippen molar-refractivity contribution in [3.63, 3.8) is 0 Å². The van der Waals surface area contributed by atoms with Crippen LogP contribution in [0.3, 0.4) is 0 Å². The summed E-state index contributed by atoms with van der Waals surface area (Å²) in [6.07, 6.45) is 1.37. The fraction of sp³-hybridized carbons (Fsp3) is 0.611. The van der Waals surface area contributed by atoms with E-state index in [2.05, 4.69) is 61.4 Å². The number of fused-ring (bicyclic) bond motifs is 1. The lowest BCUT2D eigenvalue weighted by molar-refractivity contribution is -0.117. The van der Waals surface area contributed by atoms with Gasteiger partial charge in [0.1, 0.15) is 5.52 Å². The number of carbonyl (C=O) groups excluding carboxylic acids is 1. The molecule has 2 rings (SSSR count). The number of hydrogen-bond donors (Lipinski definition) is 1. The number of nitrogens with zero attached hydrogens (tertiary/aromatic N) is 3. The van der Waals surface area contributed by atoms with Gasteiger partial charge in [0, 0.05) is 17.7 Å². The molecule has 0 aliphatic carbocycles. The predicted molar refractivity (Wildman–Crippen MR) is 94.6 cm³/mol. The highest BCUT2D eigenvalue weighted by atomic mass is 16.1. The highest BCUT2D eigenvalue weighted by Gasteiger charge is 2.27. The van der Waals surface area contributed by atoms with E-state index in [1.165, 1.54) is 0 Å². The Balaban J connectivity index is 2.50. The highest BCUT2D eigenvalue weighted by Crippen LogP contribution is 2.30. The molecule has 126 valence electrons. The lowest BCUT2D eigenvalue weighted by atomic mass is 9.92. The third-order valence-electron chi connectivity index (χ3n) is 4.06. The van der Waals surface area contributed by atoms with Crippen LogP contribution in [0, 0.1) is 12.3 Å². The van der Waals surface area contributed by atoms with Crippen LogP contribution in [0.15, 0.2) is 12.1 Å². The summed E-state index contributed by atoms with van der Waals surface area (Å²) in [7, 11) is 0. The molecule has 0 saturated carbocycles. The Labute approximate surface area is 138 Å². The van der Waals surface area contributed by atoms with Crippen LogP contribution in [0.5, 0.6) is 0 Å². The molecule has 0 atom stereocenters. The van der Waals surface area contributed by atoms with Gasteiger partial charge in [-0.25, -0.2) is 9.97 Å². The number of imidazole rings is 1. The maximum Gasteiger partial charge on any atom is 0.227 e. The molecule has 0 aromatic carbocycles. The van der Waals surface area contributed by atoms with Gasteiger partial charge in [-0.3, -0.25) is 14.7 Å². The average Bonchev–Trinajstić information content (AvgIpc) is 2.73. The van der Waals surface area contributed by atoms with E-state index in [-0.39, 0.29) is 16.9 Å². The van der Waals surface area contributed by atoms with Gasteiger partial charge in [-0.15, -0.1) is 0 Å². The molecule has 2 heterocycles. The van der Waals surface area contributed by atoms with Crippen molar-refractivity contribution in [2.24, 2.45) is 5.41 Å². The number of aromatic nitrogens is 3. The fourth-order valence-electron chi connectivity index (χ4n) is 2.52. The summed E-state index contributed by atoms with van der Waals surface area (Å²) >= 11 is 0. The van der Waals surface area contributed by atoms with E-state index in [4.69, 9.17) is 0 Å². The van der Waals surface area contributed by atoms with E-state index in [1.807, 2.05) is 19.1 Å². The summed E-state index contributed by atoms with van der Waals surface area (Å²) in [5, 5.41) is 2.99. The van der Waals surface area contributed by atoms with Crippen molar-refractivity contribution in [3.05, 3.63) is 17.8 Å². The first-order valence-electron chi connectivity index (χ1n) is 8.20. The first-order chi connectivity index (χ1) is 10.5. The third-order valence-corrected chi connectivity index (χ3v) is 4.06. The van der Waals surface area contributed by atoms with Gasteiger partial charge >= 0.3 is 0 Å². The molecule has 0 aliphatic heterocycles. The molecule has 2 aromatic rings. The molecule has 0 spiro atoms. The second kappa shape index (κ2) is 5.95. The van der Waals surface area contributed by atoms with Crippen LogP contribution in [0.4, 0.5) is 5.95 Å². The molecule has 23 heavy (non-hydrogen) atoms.